The number of hydrogen-bond acceptors (Lipinski definition) is 4. The number of likely N-dealkylation sites (tertiary alicyclic amines) is 1. The van der Waals surface area contributed by atoms with Crippen LogP contribution in [-0.4, -0.2) is 43.5 Å². The summed E-state index contributed by atoms with van der Waals surface area (Å²) in [6.45, 7) is 1.08. The van der Waals surface area contributed by atoms with E-state index in [1.54, 1.807) is 29.3 Å². The van der Waals surface area contributed by atoms with Gasteiger partial charge < -0.3 is 19.6 Å². The Kier molecular flexibility index (Phi) is 4.53. The van der Waals surface area contributed by atoms with Crippen molar-refractivity contribution < 1.29 is 9.90 Å². The van der Waals surface area contributed by atoms with Crippen LogP contribution in [0.15, 0.2) is 47.5 Å². The van der Waals surface area contributed by atoms with Crippen LogP contribution in [-0.2, 0) is 7.05 Å². The van der Waals surface area contributed by atoms with Crippen molar-refractivity contribution in [2.24, 2.45) is 13.0 Å². The number of nitrogens with one attached hydrogen (secondary N) is 1. The molecule has 1 fully saturated rings. The summed E-state index contributed by atoms with van der Waals surface area (Å²) in [5, 5.41) is 11.2. The summed E-state index contributed by atoms with van der Waals surface area (Å²) in [6.07, 6.45) is 4.23. The lowest BCUT2D eigenvalue weighted by atomic mass is 9.90. The molecule has 140 valence electrons. The van der Waals surface area contributed by atoms with Gasteiger partial charge in [-0.1, -0.05) is 12.1 Å². The van der Waals surface area contributed by atoms with Gasteiger partial charge in [-0.25, -0.2) is 4.98 Å². The van der Waals surface area contributed by atoms with Gasteiger partial charge in [-0.2, -0.15) is 0 Å². The third-order valence-corrected chi connectivity index (χ3v) is 5.36. The second-order valence-corrected chi connectivity index (χ2v) is 7.06. The van der Waals surface area contributed by atoms with Crippen LogP contribution in [0.4, 0.5) is 0 Å². The fourth-order valence-electron chi connectivity index (χ4n) is 3.77. The van der Waals surface area contributed by atoms with Crippen LogP contribution in [0, 0.1) is 5.92 Å². The van der Waals surface area contributed by atoms with Crippen molar-refractivity contribution in [3.05, 3.63) is 64.5 Å². The summed E-state index contributed by atoms with van der Waals surface area (Å²) >= 11 is 0. The van der Waals surface area contributed by atoms with Crippen LogP contribution in [0.1, 0.15) is 35.3 Å². The summed E-state index contributed by atoms with van der Waals surface area (Å²) in [4.78, 5) is 34.1. The quantitative estimate of drug-likeness (QED) is 0.740. The molecule has 1 aliphatic heterocycles. The Balaban J connectivity index is 1.47. The van der Waals surface area contributed by atoms with E-state index in [-0.39, 0.29) is 17.3 Å². The number of hydrogen-bond donors (Lipinski definition) is 2. The second kappa shape index (κ2) is 7.00. The lowest BCUT2D eigenvalue weighted by Gasteiger charge is -2.34. The van der Waals surface area contributed by atoms with Crippen LogP contribution in [0.25, 0.3) is 10.9 Å². The van der Waals surface area contributed by atoms with Crippen molar-refractivity contribution in [3.8, 4) is 0 Å². The van der Waals surface area contributed by atoms with Crippen molar-refractivity contribution >= 4 is 16.8 Å². The van der Waals surface area contributed by atoms with Gasteiger partial charge in [0.25, 0.3) is 5.91 Å². The minimum Gasteiger partial charge on any atom is -0.385 e. The van der Waals surface area contributed by atoms with E-state index in [9.17, 15) is 14.7 Å². The van der Waals surface area contributed by atoms with E-state index in [1.165, 1.54) is 6.07 Å². The molecule has 2 aromatic heterocycles. The minimum absolute atomic E-state index is 0.0609. The molecule has 4 rings (SSSR count). The number of aliphatic hydroxyl groups excluding tert-OH is 1. The lowest BCUT2D eigenvalue weighted by molar-refractivity contribution is 0.0417. The van der Waals surface area contributed by atoms with E-state index in [0.29, 0.717) is 48.4 Å². The number of aliphatic hydroxyl groups is 1. The number of amides is 1. The number of fused-ring (bicyclic) bond motifs is 1. The molecule has 1 aliphatic rings. The summed E-state index contributed by atoms with van der Waals surface area (Å²) in [5.74, 6) is 0.534. The van der Waals surface area contributed by atoms with Crippen molar-refractivity contribution in [3.63, 3.8) is 0 Å². The maximum absolute atomic E-state index is 12.8. The lowest BCUT2D eigenvalue weighted by Crippen LogP contribution is -2.40. The third kappa shape index (κ3) is 3.26. The number of benzene rings is 1. The normalized spacial score (nSPS) is 16.6. The van der Waals surface area contributed by atoms with Crippen LogP contribution in [0.3, 0.4) is 0 Å². The van der Waals surface area contributed by atoms with E-state index in [1.807, 2.05) is 23.9 Å². The molecule has 0 aliphatic carbocycles. The number of para-hydroxylation sites is 1. The average Bonchev–Trinajstić information content (AvgIpc) is 3.13. The van der Waals surface area contributed by atoms with Gasteiger partial charge in [-0.3, -0.25) is 9.59 Å². The highest BCUT2D eigenvalue weighted by molar-refractivity contribution is 5.94. The van der Waals surface area contributed by atoms with Gasteiger partial charge >= 0.3 is 0 Å². The molecule has 27 heavy (non-hydrogen) atoms. The fraction of sp³-hybridized carbons (Fsp3) is 0.350. The number of piperidine rings is 1. The zero-order valence-electron chi connectivity index (χ0n) is 15.1. The van der Waals surface area contributed by atoms with Crippen molar-refractivity contribution in [1.82, 2.24) is 19.4 Å². The van der Waals surface area contributed by atoms with E-state index in [4.69, 9.17) is 0 Å². The van der Waals surface area contributed by atoms with Gasteiger partial charge in [0.05, 0.1) is 0 Å². The first-order valence-corrected chi connectivity index (χ1v) is 9.11. The van der Waals surface area contributed by atoms with Gasteiger partial charge in [0, 0.05) is 49.5 Å². The molecule has 7 nitrogen and oxygen atoms in total. The molecule has 1 atom stereocenters. The van der Waals surface area contributed by atoms with Crippen molar-refractivity contribution in [2.75, 3.05) is 13.1 Å². The largest absolute Gasteiger partial charge is 0.385 e. The molecule has 2 N–H and O–H groups in total. The number of aromatic nitrogens is 3. The molecule has 0 saturated carbocycles. The highest BCUT2D eigenvalue weighted by atomic mass is 16.3. The van der Waals surface area contributed by atoms with Gasteiger partial charge in [0.2, 0.25) is 0 Å². The monoisotopic (exact) mass is 366 g/mol. The average molecular weight is 366 g/mol. The number of aryl methyl sites for hydroxylation is 1. The molecular weight excluding hydrogens is 344 g/mol. The molecule has 1 saturated heterocycles. The first kappa shape index (κ1) is 17.5. The molecular formula is C20H22N4O3. The standard InChI is InChI=1S/C20H22N4O3/c1-23-11-8-21-19(23)18(26)13-6-9-24(10-7-13)20(27)16-12-17(25)14-4-2-3-5-15(14)22-16/h2-5,8,11-13,18,26H,6-7,9-10H2,1H3,(H,22,25)/t18-/m1/s1. The molecule has 0 bridgehead atoms. The number of pyridine rings is 1. The van der Waals surface area contributed by atoms with Crippen molar-refractivity contribution in [1.29, 1.82) is 0 Å². The Labute approximate surface area is 156 Å². The maximum Gasteiger partial charge on any atom is 0.270 e. The Morgan fingerprint density at radius 3 is 2.74 bits per heavy atom. The topological polar surface area (TPSA) is 91.2 Å². The Morgan fingerprint density at radius 1 is 1.30 bits per heavy atom. The summed E-state index contributed by atoms with van der Waals surface area (Å²) < 4.78 is 1.82. The van der Waals surface area contributed by atoms with Crippen LogP contribution in [0.2, 0.25) is 0 Å². The second-order valence-electron chi connectivity index (χ2n) is 7.06. The maximum atomic E-state index is 12.8. The van der Waals surface area contributed by atoms with Crippen LogP contribution in [0.5, 0.6) is 0 Å². The SMILES string of the molecule is Cn1ccnc1[C@H](O)C1CCN(C(=O)c2cc(=O)c3ccccc3[nH]2)CC1. The molecule has 7 heteroatoms. The van der Waals surface area contributed by atoms with Gasteiger partial charge in [-0.15, -0.1) is 0 Å². The van der Waals surface area contributed by atoms with Gasteiger partial charge in [0.15, 0.2) is 5.43 Å². The van der Waals surface area contributed by atoms with Crippen LogP contribution < -0.4 is 5.43 Å². The van der Waals surface area contributed by atoms with Crippen molar-refractivity contribution in [2.45, 2.75) is 18.9 Å². The zero-order valence-corrected chi connectivity index (χ0v) is 15.1. The highest BCUT2D eigenvalue weighted by Crippen LogP contribution is 2.30. The smallest absolute Gasteiger partial charge is 0.270 e. The number of imidazole rings is 1. The minimum atomic E-state index is -0.636. The number of nitrogens with zero attached hydrogens (tertiary/aromatic N) is 3. The molecule has 1 aromatic carbocycles. The number of rotatable bonds is 3. The Hall–Kier alpha value is -2.93. The van der Waals surface area contributed by atoms with E-state index >= 15 is 0 Å². The molecule has 0 unspecified atom stereocenters. The molecule has 1 amide bonds. The third-order valence-electron chi connectivity index (χ3n) is 5.36. The number of aromatic amines is 1. The number of carbonyl (C=O) groups is 1. The first-order valence-electron chi connectivity index (χ1n) is 9.11. The summed E-state index contributed by atoms with van der Waals surface area (Å²) in [5.41, 5.74) is 0.808. The summed E-state index contributed by atoms with van der Waals surface area (Å²) in [6, 6.07) is 8.54. The van der Waals surface area contributed by atoms with Gasteiger partial charge in [0.1, 0.15) is 17.6 Å². The predicted molar refractivity (Wildman–Crippen MR) is 101 cm³/mol. The molecule has 3 heterocycles. The Bertz CT molecular complexity index is 1030. The fourth-order valence-corrected chi connectivity index (χ4v) is 3.77. The van der Waals surface area contributed by atoms with E-state index in [2.05, 4.69) is 9.97 Å². The molecule has 3 aromatic rings. The molecule has 0 spiro atoms. The van der Waals surface area contributed by atoms with Gasteiger partial charge in [-0.05, 0) is 30.9 Å². The number of H-pyrrole nitrogens is 1. The van der Waals surface area contributed by atoms with Crippen LogP contribution >= 0.6 is 0 Å². The summed E-state index contributed by atoms with van der Waals surface area (Å²) in [7, 11) is 1.86. The first-order chi connectivity index (χ1) is 13.0. The van der Waals surface area contributed by atoms with E-state index < -0.39 is 6.10 Å². The number of carbonyl (C=O) groups excluding carboxylic acids is 1. The van der Waals surface area contributed by atoms with E-state index in [0.717, 1.165) is 0 Å². The predicted octanol–water partition coefficient (Wildman–Crippen LogP) is 1.85. The Morgan fingerprint density at radius 2 is 2.04 bits per heavy atom. The molecule has 0 radical (unpaired) electrons. The highest BCUT2D eigenvalue weighted by Gasteiger charge is 2.30. The zero-order chi connectivity index (χ0) is 19.0.